The fourth-order valence-electron chi connectivity index (χ4n) is 3.95. The molecule has 8 heteroatoms. The van der Waals surface area contributed by atoms with Gasteiger partial charge in [0.2, 0.25) is 0 Å². The largest absolute Gasteiger partial charge is 0.508 e. The van der Waals surface area contributed by atoms with E-state index in [4.69, 9.17) is 14.7 Å². The third-order valence-electron chi connectivity index (χ3n) is 4.98. The molecule has 0 saturated heterocycles. The lowest BCUT2D eigenvalue weighted by Gasteiger charge is -2.37. The zero-order valence-electron chi connectivity index (χ0n) is 14.7. The van der Waals surface area contributed by atoms with E-state index in [-0.39, 0.29) is 17.2 Å². The lowest BCUT2D eigenvalue weighted by molar-refractivity contribution is 0.0227. The van der Waals surface area contributed by atoms with Crippen LogP contribution in [0.15, 0.2) is 54.6 Å². The van der Waals surface area contributed by atoms with Gasteiger partial charge in [-0.1, -0.05) is 18.2 Å². The number of carbonyl (C=O) groups is 1. The Bertz CT molecular complexity index is 1240. The van der Waals surface area contributed by atoms with Crippen LogP contribution in [0.3, 0.4) is 0 Å². The molecule has 5 rings (SSSR count). The number of nitrogens with zero attached hydrogens (tertiary/aromatic N) is 1. The normalized spacial score (nSPS) is 18.1. The first-order chi connectivity index (χ1) is 14.0. The second kappa shape index (κ2) is 6.09. The summed E-state index contributed by atoms with van der Waals surface area (Å²) in [5.41, 5.74) is 1.00. The zero-order valence-corrected chi connectivity index (χ0v) is 15.5. The van der Waals surface area contributed by atoms with Gasteiger partial charge in [-0.25, -0.2) is 4.79 Å². The number of phenols is 2. The minimum absolute atomic E-state index is 0.0153. The van der Waals surface area contributed by atoms with E-state index < -0.39 is 11.6 Å². The first kappa shape index (κ1) is 17.3. The number of rotatable bonds is 2. The highest BCUT2D eigenvalue weighted by molar-refractivity contribution is 8.04. The monoisotopic (exact) mass is 404 g/mol. The van der Waals surface area contributed by atoms with Crippen molar-refractivity contribution in [1.29, 1.82) is 5.26 Å². The smallest absolute Gasteiger partial charge is 0.340 e. The van der Waals surface area contributed by atoms with Gasteiger partial charge in [0.25, 0.3) is 0 Å². The second-order valence-electron chi connectivity index (χ2n) is 6.56. The van der Waals surface area contributed by atoms with Crippen molar-refractivity contribution >= 4 is 23.6 Å². The van der Waals surface area contributed by atoms with Crippen molar-refractivity contribution < 1.29 is 24.5 Å². The van der Waals surface area contributed by atoms with Crippen molar-refractivity contribution in [1.82, 2.24) is 0 Å². The molecule has 0 aliphatic carbocycles. The van der Waals surface area contributed by atoms with Crippen LogP contribution in [0.1, 0.15) is 27.0 Å². The fraction of sp³-hybridized carbons (Fsp3) is 0.0476. The van der Waals surface area contributed by atoms with Crippen LogP contribution in [0.5, 0.6) is 23.0 Å². The van der Waals surface area contributed by atoms with Gasteiger partial charge >= 0.3 is 5.97 Å². The standard InChI is InChI=1S/C21H12N2O5S/c22-10-29-23-16-7-12(25)9-18-19(16)21(15-6-5-11(24)8-17(15)27-18)14-4-2-1-3-13(14)20(26)28-21/h1-9,23-25H. The third-order valence-corrected chi connectivity index (χ3v) is 5.40. The molecule has 0 amide bonds. The molecule has 29 heavy (non-hydrogen) atoms. The molecule has 2 aliphatic heterocycles. The number of carbonyl (C=O) groups excluding carboxylic acids is 1. The number of benzene rings is 3. The summed E-state index contributed by atoms with van der Waals surface area (Å²) in [6, 6.07) is 14.4. The predicted octanol–water partition coefficient (Wildman–Crippen LogP) is 4.21. The molecule has 2 aliphatic rings. The van der Waals surface area contributed by atoms with Crippen LogP contribution in [0.25, 0.3) is 0 Å². The first-order valence-electron chi connectivity index (χ1n) is 8.57. The van der Waals surface area contributed by atoms with E-state index in [1.165, 1.54) is 24.3 Å². The van der Waals surface area contributed by atoms with Crippen LogP contribution < -0.4 is 9.46 Å². The lowest BCUT2D eigenvalue weighted by atomic mass is 9.77. The Morgan fingerprint density at radius 2 is 1.79 bits per heavy atom. The van der Waals surface area contributed by atoms with Crippen LogP contribution in [0, 0.1) is 10.7 Å². The lowest BCUT2D eigenvalue weighted by Crippen LogP contribution is -2.33. The molecule has 3 aromatic rings. The molecule has 1 unspecified atom stereocenters. The van der Waals surface area contributed by atoms with Crippen LogP contribution in [-0.2, 0) is 10.3 Å². The van der Waals surface area contributed by atoms with E-state index >= 15 is 0 Å². The number of nitrogens with one attached hydrogen (secondary N) is 1. The van der Waals surface area contributed by atoms with Gasteiger partial charge in [0.05, 0.1) is 28.8 Å². The van der Waals surface area contributed by atoms with Crippen molar-refractivity contribution in [2.24, 2.45) is 0 Å². The van der Waals surface area contributed by atoms with E-state index in [9.17, 15) is 15.0 Å². The Balaban J connectivity index is 1.90. The van der Waals surface area contributed by atoms with Gasteiger partial charge in [0, 0.05) is 29.3 Å². The number of aromatic hydroxyl groups is 2. The van der Waals surface area contributed by atoms with Crippen LogP contribution in [0.4, 0.5) is 5.69 Å². The number of ether oxygens (including phenoxy) is 2. The van der Waals surface area contributed by atoms with Crippen LogP contribution in [-0.4, -0.2) is 16.2 Å². The summed E-state index contributed by atoms with van der Waals surface area (Å²) in [4.78, 5) is 12.8. The number of nitriles is 1. The number of phenolic OH excluding ortho intramolecular Hbond substituents is 2. The van der Waals surface area contributed by atoms with Gasteiger partial charge in [-0.15, -0.1) is 0 Å². The van der Waals surface area contributed by atoms with Gasteiger partial charge in [-0.05, 0) is 18.2 Å². The first-order valence-corrected chi connectivity index (χ1v) is 9.39. The molecule has 1 atom stereocenters. The van der Waals surface area contributed by atoms with Crippen LogP contribution in [0.2, 0.25) is 0 Å². The number of hydrogen-bond donors (Lipinski definition) is 3. The summed E-state index contributed by atoms with van der Waals surface area (Å²) in [5, 5.41) is 31.0. The number of esters is 1. The molecular formula is C21H12N2O5S. The zero-order chi connectivity index (χ0) is 20.2. The average Bonchev–Trinajstić information content (AvgIpc) is 2.99. The molecule has 0 fully saturated rings. The topological polar surface area (TPSA) is 112 Å². The Morgan fingerprint density at radius 3 is 2.62 bits per heavy atom. The molecule has 0 bridgehead atoms. The SMILES string of the molecule is N#CSNc1cc(O)cc2c1C1(OC(=O)c3ccccc31)c1ccc(O)cc1O2. The minimum Gasteiger partial charge on any atom is -0.508 e. The van der Waals surface area contributed by atoms with Gasteiger partial charge in [0.1, 0.15) is 23.0 Å². The van der Waals surface area contributed by atoms with E-state index in [2.05, 4.69) is 4.72 Å². The maximum absolute atomic E-state index is 12.8. The van der Waals surface area contributed by atoms with Gasteiger partial charge in [0.15, 0.2) is 11.0 Å². The number of hydrogen-bond acceptors (Lipinski definition) is 8. The Hall–Kier alpha value is -3.83. The molecule has 2 heterocycles. The second-order valence-corrected chi connectivity index (χ2v) is 7.15. The average molecular weight is 404 g/mol. The van der Waals surface area contributed by atoms with E-state index in [1.807, 2.05) is 5.40 Å². The molecule has 0 aromatic heterocycles. The highest BCUT2D eigenvalue weighted by Crippen LogP contribution is 2.59. The number of thiocyanates is 1. The third kappa shape index (κ3) is 2.35. The summed E-state index contributed by atoms with van der Waals surface area (Å²) in [7, 11) is 0. The maximum atomic E-state index is 12.8. The van der Waals surface area contributed by atoms with Crippen LogP contribution >= 0.6 is 11.9 Å². The van der Waals surface area contributed by atoms with Gasteiger partial charge in [-0.2, -0.15) is 5.26 Å². The quantitative estimate of drug-likeness (QED) is 0.331. The van der Waals surface area contributed by atoms with Gasteiger partial charge in [-0.3, -0.25) is 0 Å². The van der Waals surface area contributed by atoms with E-state index in [0.717, 1.165) is 11.9 Å². The summed E-state index contributed by atoms with van der Waals surface area (Å²) in [5.74, 6) is -0.0702. The molecule has 3 aromatic carbocycles. The summed E-state index contributed by atoms with van der Waals surface area (Å²) in [6.45, 7) is 0. The summed E-state index contributed by atoms with van der Waals surface area (Å²) < 4.78 is 14.8. The number of fused-ring (bicyclic) bond motifs is 6. The van der Waals surface area contributed by atoms with Gasteiger partial charge < -0.3 is 24.4 Å². The molecule has 0 saturated carbocycles. The van der Waals surface area contributed by atoms with E-state index in [1.54, 1.807) is 30.3 Å². The molecular weight excluding hydrogens is 392 g/mol. The molecule has 7 nitrogen and oxygen atoms in total. The van der Waals surface area contributed by atoms with E-state index in [0.29, 0.717) is 33.7 Å². The van der Waals surface area contributed by atoms with Crippen molar-refractivity contribution in [3.05, 3.63) is 76.9 Å². The summed E-state index contributed by atoms with van der Waals surface area (Å²) in [6.07, 6.45) is 0. The molecule has 1 spiro atoms. The molecule has 0 radical (unpaired) electrons. The highest BCUT2D eigenvalue weighted by atomic mass is 32.2. The minimum atomic E-state index is -1.36. The molecule has 3 N–H and O–H groups in total. The fourth-order valence-corrected chi connectivity index (χ4v) is 4.26. The van der Waals surface area contributed by atoms with Crippen molar-refractivity contribution in [2.45, 2.75) is 5.60 Å². The van der Waals surface area contributed by atoms with Crippen molar-refractivity contribution in [2.75, 3.05) is 4.72 Å². The van der Waals surface area contributed by atoms with Crippen molar-refractivity contribution in [3.8, 4) is 28.4 Å². The Labute approximate surface area is 169 Å². The van der Waals surface area contributed by atoms with Crippen molar-refractivity contribution in [3.63, 3.8) is 0 Å². The Kier molecular flexibility index (Phi) is 3.63. The molecule has 142 valence electrons. The summed E-state index contributed by atoms with van der Waals surface area (Å²) >= 11 is 0.759. The number of anilines is 1. The Morgan fingerprint density at radius 1 is 1.00 bits per heavy atom. The highest BCUT2D eigenvalue weighted by Gasteiger charge is 2.54. The predicted molar refractivity (Wildman–Crippen MR) is 105 cm³/mol. The maximum Gasteiger partial charge on any atom is 0.340 e.